The van der Waals surface area contributed by atoms with Crippen molar-refractivity contribution >= 4 is 11.8 Å². The van der Waals surface area contributed by atoms with Crippen molar-refractivity contribution in [2.24, 2.45) is 0 Å². The number of nitrogens with one attached hydrogen (secondary N) is 1. The van der Waals surface area contributed by atoms with Crippen molar-refractivity contribution < 1.29 is 18.7 Å². The van der Waals surface area contributed by atoms with Crippen LogP contribution in [0.1, 0.15) is 62.1 Å². The molecule has 1 aliphatic rings. The van der Waals surface area contributed by atoms with Gasteiger partial charge in [0, 0.05) is 24.6 Å². The fraction of sp³-hybridized carbons (Fsp3) is 0.375. The first kappa shape index (κ1) is 27.4. The predicted molar refractivity (Wildman–Crippen MR) is 147 cm³/mol. The number of ether oxygens (including phenoxy) is 1. The third kappa shape index (κ3) is 7.21. The first-order valence-corrected chi connectivity index (χ1v) is 13.5. The SMILES string of the molecule is CC(C)c1ccccc1OCC(=O)N(Cc1ccccc1F)C(Cc1ccccc1)C(=O)NC1CCCC1. The monoisotopic (exact) mass is 516 g/mol. The zero-order chi connectivity index (χ0) is 26.9. The van der Waals surface area contributed by atoms with Crippen LogP contribution in [0.5, 0.6) is 5.75 Å². The first-order chi connectivity index (χ1) is 18.4. The van der Waals surface area contributed by atoms with Crippen LogP contribution in [0.3, 0.4) is 0 Å². The van der Waals surface area contributed by atoms with E-state index in [0.717, 1.165) is 36.8 Å². The minimum absolute atomic E-state index is 0.0315. The lowest BCUT2D eigenvalue weighted by Gasteiger charge is -2.32. The van der Waals surface area contributed by atoms with Crippen molar-refractivity contribution in [1.82, 2.24) is 10.2 Å². The van der Waals surface area contributed by atoms with E-state index in [1.54, 1.807) is 18.2 Å². The van der Waals surface area contributed by atoms with Gasteiger partial charge in [0.15, 0.2) is 6.61 Å². The molecular weight excluding hydrogens is 479 g/mol. The Hall–Kier alpha value is -3.67. The van der Waals surface area contributed by atoms with E-state index < -0.39 is 11.9 Å². The summed E-state index contributed by atoms with van der Waals surface area (Å²) in [6.45, 7) is 3.85. The first-order valence-electron chi connectivity index (χ1n) is 13.5. The third-order valence-corrected chi connectivity index (χ3v) is 7.16. The van der Waals surface area contributed by atoms with E-state index in [9.17, 15) is 14.0 Å². The lowest BCUT2D eigenvalue weighted by atomic mass is 10.0. The highest BCUT2D eigenvalue weighted by Crippen LogP contribution is 2.26. The summed E-state index contributed by atoms with van der Waals surface area (Å²) in [7, 11) is 0. The van der Waals surface area contributed by atoms with Gasteiger partial charge in [-0.2, -0.15) is 0 Å². The molecule has 3 aromatic rings. The fourth-order valence-corrected chi connectivity index (χ4v) is 5.04. The highest BCUT2D eigenvalue weighted by Gasteiger charge is 2.33. The Labute approximate surface area is 225 Å². The van der Waals surface area contributed by atoms with Crippen LogP contribution in [0.15, 0.2) is 78.9 Å². The molecule has 1 atom stereocenters. The number of para-hydroxylation sites is 1. The Morgan fingerprint density at radius 3 is 2.32 bits per heavy atom. The summed E-state index contributed by atoms with van der Waals surface area (Å²) in [6.07, 6.45) is 4.34. The van der Waals surface area contributed by atoms with Crippen molar-refractivity contribution in [1.29, 1.82) is 0 Å². The number of carbonyl (C=O) groups excluding carboxylic acids is 2. The Morgan fingerprint density at radius 2 is 1.61 bits per heavy atom. The second kappa shape index (κ2) is 13.2. The Kier molecular flexibility index (Phi) is 9.52. The summed E-state index contributed by atoms with van der Waals surface area (Å²) in [6, 6.07) is 22.9. The molecular formula is C32H37FN2O3. The van der Waals surface area contributed by atoms with Crippen molar-refractivity contribution in [2.75, 3.05) is 6.61 Å². The molecule has 38 heavy (non-hydrogen) atoms. The summed E-state index contributed by atoms with van der Waals surface area (Å²) < 4.78 is 20.8. The molecule has 2 amide bonds. The van der Waals surface area contributed by atoms with Crippen LogP contribution in [-0.4, -0.2) is 35.4 Å². The number of rotatable bonds is 11. The number of hydrogen-bond donors (Lipinski definition) is 1. The molecule has 1 saturated carbocycles. The maximum atomic E-state index is 14.8. The van der Waals surface area contributed by atoms with Crippen LogP contribution in [0.2, 0.25) is 0 Å². The number of nitrogens with zero attached hydrogens (tertiary/aromatic N) is 1. The van der Waals surface area contributed by atoms with Gasteiger partial charge in [-0.3, -0.25) is 9.59 Å². The van der Waals surface area contributed by atoms with Crippen LogP contribution in [0.25, 0.3) is 0 Å². The number of amides is 2. The fourth-order valence-electron chi connectivity index (χ4n) is 5.04. The largest absolute Gasteiger partial charge is 0.483 e. The standard InChI is InChI=1S/C32H37FN2O3/c1-23(2)27-17-9-11-19-30(27)38-22-31(36)35(21-25-14-6-10-18-28(25)33)29(20-24-12-4-3-5-13-24)32(37)34-26-15-7-8-16-26/h3-6,9-14,17-19,23,26,29H,7-8,15-16,20-22H2,1-2H3,(H,34,37). The molecule has 0 heterocycles. The average molecular weight is 517 g/mol. The molecule has 1 aliphatic carbocycles. The van der Waals surface area contributed by atoms with Gasteiger partial charge in [-0.15, -0.1) is 0 Å². The topological polar surface area (TPSA) is 58.6 Å². The van der Waals surface area contributed by atoms with E-state index in [2.05, 4.69) is 19.2 Å². The normalized spacial score (nSPS) is 14.3. The predicted octanol–water partition coefficient (Wildman–Crippen LogP) is 6.03. The van der Waals surface area contributed by atoms with E-state index in [0.29, 0.717) is 17.7 Å². The number of hydrogen-bond acceptors (Lipinski definition) is 3. The second-order valence-corrected chi connectivity index (χ2v) is 10.3. The van der Waals surface area contributed by atoms with Crippen LogP contribution >= 0.6 is 0 Å². The highest BCUT2D eigenvalue weighted by atomic mass is 19.1. The average Bonchev–Trinajstić information content (AvgIpc) is 3.44. The molecule has 0 radical (unpaired) electrons. The molecule has 0 aliphatic heterocycles. The van der Waals surface area contributed by atoms with Crippen LogP contribution in [0, 0.1) is 5.82 Å². The summed E-state index contributed by atoms with van der Waals surface area (Å²) in [5, 5.41) is 3.17. The van der Waals surface area contributed by atoms with Gasteiger partial charge in [-0.25, -0.2) is 4.39 Å². The summed E-state index contributed by atoms with van der Waals surface area (Å²) in [4.78, 5) is 29.0. The lowest BCUT2D eigenvalue weighted by molar-refractivity contribution is -0.143. The molecule has 1 fully saturated rings. The summed E-state index contributed by atoms with van der Waals surface area (Å²) in [5.41, 5.74) is 2.28. The molecule has 1 unspecified atom stereocenters. The van der Waals surface area contributed by atoms with E-state index in [1.807, 2.05) is 54.6 Å². The van der Waals surface area contributed by atoms with Gasteiger partial charge in [0.05, 0.1) is 0 Å². The Bertz CT molecular complexity index is 1210. The smallest absolute Gasteiger partial charge is 0.261 e. The maximum Gasteiger partial charge on any atom is 0.261 e. The molecule has 200 valence electrons. The zero-order valence-corrected chi connectivity index (χ0v) is 22.2. The van der Waals surface area contributed by atoms with Gasteiger partial charge < -0.3 is 15.0 Å². The molecule has 4 rings (SSSR count). The van der Waals surface area contributed by atoms with Crippen molar-refractivity contribution in [2.45, 2.75) is 70.5 Å². The van der Waals surface area contributed by atoms with E-state index in [4.69, 9.17) is 4.74 Å². The minimum atomic E-state index is -0.811. The molecule has 0 bridgehead atoms. The molecule has 0 saturated heterocycles. The van der Waals surface area contributed by atoms with Crippen molar-refractivity contribution in [3.63, 3.8) is 0 Å². The van der Waals surface area contributed by atoms with Gasteiger partial charge in [-0.1, -0.05) is 93.4 Å². The molecule has 3 aromatic carbocycles. The minimum Gasteiger partial charge on any atom is -0.483 e. The van der Waals surface area contributed by atoms with E-state index in [-0.39, 0.29) is 36.9 Å². The Morgan fingerprint density at radius 1 is 0.947 bits per heavy atom. The molecule has 1 N–H and O–H groups in total. The summed E-state index contributed by atoms with van der Waals surface area (Å²) >= 11 is 0. The molecule has 0 aromatic heterocycles. The van der Waals surface area contributed by atoms with Crippen molar-refractivity contribution in [3.05, 3.63) is 101 Å². The summed E-state index contributed by atoms with van der Waals surface area (Å²) in [5.74, 6) is -0.135. The van der Waals surface area contributed by atoms with Gasteiger partial charge >= 0.3 is 0 Å². The third-order valence-electron chi connectivity index (χ3n) is 7.16. The van der Waals surface area contributed by atoms with Crippen LogP contribution in [0.4, 0.5) is 4.39 Å². The van der Waals surface area contributed by atoms with Gasteiger partial charge in [0.1, 0.15) is 17.6 Å². The highest BCUT2D eigenvalue weighted by molar-refractivity contribution is 5.88. The van der Waals surface area contributed by atoms with E-state index >= 15 is 0 Å². The molecule has 5 nitrogen and oxygen atoms in total. The lowest BCUT2D eigenvalue weighted by Crippen LogP contribution is -2.53. The zero-order valence-electron chi connectivity index (χ0n) is 22.2. The van der Waals surface area contributed by atoms with Gasteiger partial charge in [0.25, 0.3) is 5.91 Å². The quantitative estimate of drug-likeness (QED) is 0.339. The van der Waals surface area contributed by atoms with E-state index in [1.165, 1.54) is 11.0 Å². The van der Waals surface area contributed by atoms with Crippen LogP contribution in [-0.2, 0) is 22.6 Å². The van der Waals surface area contributed by atoms with Gasteiger partial charge in [-0.05, 0) is 42.0 Å². The maximum absolute atomic E-state index is 14.8. The number of halogens is 1. The number of benzene rings is 3. The second-order valence-electron chi connectivity index (χ2n) is 10.3. The Balaban J connectivity index is 1.63. The van der Waals surface area contributed by atoms with Crippen LogP contribution < -0.4 is 10.1 Å². The molecule has 0 spiro atoms. The van der Waals surface area contributed by atoms with Crippen molar-refractivity contribution in [3.8, 4) is 5.75 Å². The number of carbonyl (C=O) groups is 2. The van der Waals surface area contributed by atoms with Gasteiger partial charge in [0.2, 0.25) is 5.91 Å². The molecule has 6 heteroatoms.